The van der Waals surface area contributed by atoms with Crippen LogP contribution in [0.1, 0.15) is 27.6 Å². The molecule has 3 rings (SSSR count). The molecular formula is C18H23N5O2S. The molecule has 1 aromatic carbocycles. The summed E-state index contributed by atoms with van der Waals surface area (Å²) >= 11 is 1.45. The Balaban J connectivity index is 1.61. The van der Waals surface area contributed by atoms with E-state index in [4.69, 9.17) is 0 Å². The molecule has 0 spiro atoms. The highest BCUT2D eigenvalue weighted by Crippen LogP contribution is 2.16. The maximum absolute atomic E-state index is 12.3. The number of nitrogens with one attached hydrogen (secondary N) is 2. The van der Waals surface area contributed by atoms with Crippen molar-refractivity contribution >= 4 is 23.2 Å². The molecule has 7 nitrogen and oxygen atoms in total. The van der Waals surface area contributed by atoms with Crippen LogP contribution in [0, 0.1) is 13.8 Å². The van der Waals surface area contributed by atoms with Gasteiger partial charge in [-0.25, -0.2) is 0 Å². The lowest BCUT2D eigenvalue weighted by atomic mass is 10.0. The Hall–Kier alpha value is -2.32. The third-order valence-corrected chi connectivity index (χ3v) is 5.30. The lowest BCUT2D eigenvalue weighted by molar-refractivity contribution is -0.134. The number of nitrogens with zero attached hydrogens (tertiary/aromatic N) is 3. The van der Waals surface area contributed by atoms with E-state index in [1.54, 1.807) is 0 Å². The number of hydrogen-bond donors (Lipinski definition) is 2. The molecule has 1 aromatic heterocycles. The van der Waals surface area contributed by atoms with Gasteiger partial charge in [-0.05, 0) is 25.0 Å². The molecule has 138 valence electrons. The molecule has 1 aliphatic rings. The number of aromatic nitrogens is 2. The monoisotopic (exact) mass is 373 g/mol. The summed E-state index contributed by atoms with van der Waals surface area (Å²) in [7, 11) is 0. The molecule has 1 fully saturated rings. The molecule has 8 heteroatoms. The molecule has 2 heterocycles. The van der Waals surface area contributed by atoms with Crippen LogP contribution in [0.25, 0.3) is 0 Å². The fourth-order valence-corrected chi connectivity index (χ4v) is 3.66. The minimum atomic E-state index is -0.459. The normalized spacial score (nSPS) is 17.8. The highest BCUT2D eigenvalue weighted by Gasteiger charge is 2.31. The Morgan fingerprint density at radius 3 is 2.88 bits per heavy atom. The first-order valence-electron chi connectivity index (χ1n) is 8.65. The molecule has 1 atom stereocenters. The van der Waals surface area contributed by atoms with Crippen LogP contribution in [-0.2, 0) is 22.7 Å². The van der Waals surface area contributed by atoms with Crippen LogP contribution in [0.15, 0.2) is 24.3 Å². The van der Waals surface area contributed by atoms with Crippen molar-refractivity contribution in [1.82, 2.24) is 25.7 Å². The summed E-state index contributed by atoms with van der Waals surface area (Å²) in [5.74, 6) is -0.249. The van der Waals surface area contributed by atoms with Gasteiger partial charge < -0.3 is 10.6 Å². The van der Waals surface area contributed by atoms with Crippen LogP contribution in [0.2, 0.25) is 0 Å². The smallest absolute Gasteiger partial charge is 0.237 e. The van der Waals surface area contributed by atoms with Crippen LogP contribution in [0.4, 0.5) is 0 Å². The summed E-state index contributed by atoms with van der Waals surface area (Å²) in [5, 5.41) is 15.3. The molecule has 1 aliphatic heterocycles. The molecular weight excluding hydrogens is 350 g/mol. The van der Waals surface area contributed by atoms with Gasteiger partial charge in [-0.1, -0.05) is 35.6 Å². The van der Waals surface area contributed by atoms with E-state index in [0.717, 1.165) is 16.6 Å². The second kappa shape index (κ2) is 8.37. The molecule has 1 saturated heterocycles. The van der Waals surface area contributed by atoms with Crippen LogP contribution >= 0.6 is 11.3 Å². The molecule has 0 unspecified atom stereocenters. The predicted molar refractivity (Wildman–Crippen MR) is 99.5 cm³/mol. The minimum absolute atomic E-state index is 0.0910. The largest absolute Gasteiger partial charge is 0.353 e. The second-order valence-corrected chi connectivity index (χ2v) is 7.67. The van der Waals surface area contributed by atoms with E-state index in [2.05, 4.69) is 44.8 Å². The van der Waals surface area contributed by atoms with Crippen molar-refractivity contribution < 1.29 is 9.59 Å². The van der Waals surface area contributed by atoms with Gasteiger partial charge in [0.25, 0.3) is 0 Å². The van der Waals surface area contributed by atoms with Crippen molar-refractivity contribution in [3.8, 4) is 0 Å². The highest BCUT2D eigenvalue weighted by atomic mass is 32.1. The van der Waals surface area contributed by atoms with Crippen LogP contribution < -0.4 is 10.6 Å². The fourth-order valence-electron chi connectivity index (χ4n) is 3.01. The lowest BCUT2D eigenvalue weighted by Crippen LogP contribution is -2.56. The van der Waals surface area contributed by atoms with Crippen molar-refractivity contribution in [1.29, 1.82) is 0 Å². The van der Waals surface area contributed by atoms with E-state index in [0.29, 0.717) is 19.6 Å². The van der Waals surface area contributed by atoms with E-state index in [-0.39, 0.29) is 18.2 Å². The van der Waals surface area contributed by atoms with Crippen molar-refractivity contribution in [2.75, 3.05) is 13.1 Å². The van der Waals surface area contributed by atoms with E-state index < -0.39 is 6.04 Å². The summed E-state index contributed by atoms with van der Waals surface area (Å²) < 4.78 is 0. The number of rotatable bonds is 6. The van der Waals surface area contributed by atoms with Gasteiger partial charge in [0.05, 0.1) is 19.0 Å². The molecule has 0 radical (unpaired) electrons. The van der Waals surface area contributed by atoms with Gasteiger partial charge in [-0.3, -0.25) is 14.5 Å². The fraction of sp³-hybridized carbons (Fsp3) is 0.444. The SMILES string of the molecule is Cc1nnc(CNC(=O)C[C@H]2C(=O)NCCN2Cc2ccccc2C)s1. The molecule has 0 saturated carbocycles. The van der Waals surface area contributed by atoms with E-state index >= 15 is 0 Å². The van der Waals surface area contributed by atoms with E-state index in [9.17, 15) is 9.59 Å². The van der Waals surface area contributed by atoms with Crippen LogP contribution in [-0.4, -0.2) is 46.0 Å². The molecule has 2 aromatic rings. The van der Waals surface area contributed by atoms with Crippen molar-refractivity contribution in [2.24, 2.45) is 0 Å². The number of carbonyl (C=O) groups is 2. The van der Waals surface area contributed by atoms with Gasteiger partial charge >= 0.3 is 0 Å². The van der Waals surface area contributed by atoms with Gasteiger partial charge in [0, 0.05) is 19.6 Å². The number of benzene rings is 1. The van der Waals surface area contributed by atoms with Gasteiger partial charge in [0.2, 0.25) is 11.8 Å². The number of aryl methyl sites for hydroxylation is 2. The third-order valence-electron chi connectivity index (χ3n) is 4.46. The van der Waals surface area contributed by atoms with Gasteiger partial charge in [-0.2, -0.15) is 0 Å². The minimum Gasteiger partial charge on any atom is -0.353 e. The van der Waals surface area contributed by atoms with E-state index in [1.807, 2.05) is 19.1 Å². The van der Waals surface area contributed by atoms with Gasteiger partial charge in [0.1, 0.15) is 10.0 Å². The van der Waals surface area contributed by atoms with E-state index in [1.165, 1.54) is 22.5 Å². The average Bonchev–Trinajstić information content (AvgIpc) is 3.03. The third kappa shape index (κ3) is 4.64. The number of amides is 2. The molecule has 2 amide bonds. The zero-order valence-corrected chi connectivity index (χ0v) is 15.8. The van der Waals surface area contributed by atoms with Crippen LogP contribution in [0.5, 0.6) is 0 Å². The summed E-state index contributed by atoms with van der Waals surface area (Å²) in [6.45, 7) is 6.27. The van der Waals surface area contributed by atoms with Gasteiger partial charge in [0.15, 0.2) is 0 Å². The second-order valence-electron chi connectivity index (χ2n) is 6.40. The highest BCUT2D eigenvalue weighted by molar-refractivity contribution is 7.11. The lowest BCUT2D eigenvalue weighted by Gasteiger charge is -2.35. The first-order chi connectivity index (χ1) is 12.5. The Bertz CT molecular complexity index is 791. The molecule has 0 bridgehead atoms. The van der Waals surface area contributed by atoms with Crippen LogP contribution in [0.3, 0.4) is 0 Å². The zero-order valence-electron chi connectivity index (χ0n) is 15.0. The predicted octanol–water partition coefficient (Wildman–Crippen LogP) is 1.16. The van der Waals surface area contributed by atoms with Crippen molar-refractivity contribution in [3.05, 3.63) is 45.4 Å². The maximum atomic E-state index is 12.3. The Morgan fingerprint density at radius 1 is 1.35 bits per heavy atom. The summed E-state index contributed by atoms with van der Waals surface area (Å²) in [6, 6.07) is 7.67. The number of carbonyl (C=O) groups excluding carboxylic acids is 2. The first kappa shape index (κ1) is 18.5. The maximum Gasteiger partial charge on any atom is 0.237 e. The Morgan fingerprint density at radius 2 is 2.15 bits per heavy atom. The number of hydrogen-bond acceptors (Lipinski definition) is 6. The summed E-state index contributed by atoms with van der Waals surface area (Å²) in [4.78, 5) is 26.8. The quantitative estimate of drug-likeness (QED) is 0.793. The average molecular weight is 373 g/mol. The topological polar surface area (TPSA) is 87.2 Å². The number of piperazine rings is 1. The van der Waals surface area contributed by atoms with Gasteiger partial charge in [-0.15, -0.1) is 10.2 Å². The molecule has 26 heavy (non-hydrogen) atoms. The molecule has 0 aliphatic carbocycles. The first-order valence-corrected chi connectivity index (χ1v) is 9.46. The standard InChI is InChI=1S/C18H23N5O2S/c1-12-5-3-4-6-14(12)11-23-8-7-19-18(25)15(23)9-16(24)20-10-17-22-21-13(2)26-17/h3-6,15H,7-11H2,1-2H3,(H,19,25)(H,20,24)/t15-/m0/s1. The summed E-state index contributed by atoms with van der Waals surface area (Å²) in [5.41, 5.74) is 2.37. The van der Waals surface area contributed by atoms with Crippen molar-refractivity contribution in [2.45, 2.75) is 39.4 Å². The summed E-state index contributed by atoms with van der Waals surface area (Å²) in [6.07, 6.45) is 0.134. The molecule has 2 N–H and O–H groups in total. The van der Waals surface area contributed by atoms with Crippen molar-refractivity contribution in [3.63, 3.8) is 0 Å². The zero-order chi connectivity index (χ0) is 18.5. The Labute approximate surface area is 156 Å². The Kier molecular flexibility index (Phi) is 5.95.